The van der Waals surface area contributed by atoms with Crippen molar-refractivity contribution >= 4 is 22.5 Å². The molecule has 2 aromatic carbocycles. The van der Waals surface area contributed by atoms with E-state index in [2.05, 4.69) is 43.4 Å². The van der Waals surface area contributed by atoms with E-state index in [1.165, 1.54) is 0 Å². The number of hydrogen-bond donors (Lipinski definition) is 1. The van der Waals surface area contributed by atoms with E-state index in [-0.39, 0.29) is 5.56 Å². The number of aryl methyl sites for hydroxylation is 2. The van der Waals surface area contributed by atoms with Crippen LogP contribution < -0.4 is 5.56 Å². The van der Waals surface area contributed by atoms with Crippen LogP contribution in [0.4, 0.5) is 0 Å². The lowest BCUT2D eigenvalue weighted by Gasteiger charge is -2.31. The molecule has 0 aliphatic heterocycles. The summed E-state index contributed by atoms with van der Waals surface area (Å²) >= 11 is 6.65. The SMILES string of the molecule is Cc1cc2cc([C@H](c3nnnn3Cc3ccco3)N(Cc3cccnc3)Cc3ccccc3Cl)c(=O)[nH]c2cc1C. The first-order valence-corrected chi connectivity index (χ1v) is 13.6. The zero-order valence-corrected chi connectivity index (χ0v) is 23.4. The first-order chi connectivity index (χ1) is 20.0. The molecule has 1 N–H and O–H groups in total. The Morgan fingerprint density at radius 3 is 2.66 bits per heavy atom. The molecule has 41 heavy (non-hydrogen) atoms. The highest BCUT2D eigenvalue weighted by molar-refractivity contribution is 6.31. The number of hydrogen-bond acceptors (Lipinski definition) is 7. The summed E-state index contributed by atoms with van der Waals surface area (Å²) in [5.41, 5.74) is 5.21. The number of rotatable bonds is 9. The molecule has 6 aromatic rings. The molecule has 0 bridgehead atoms. The number of furan rings is 1. The first kappa shape index (κ1) is 26.6. The fourth-order valence-electron chi connectivity index (χ4n) is 5.08. The van der Waals surface area contributed by atoms with Crippen molar-refractivity contribution in [3.8, 4) is 0 Å². The molecular weight excluding hydrogens is 538 g/mol. The highest BCUT2D eigenvalue weighted by Crippen LogP contribution is 2.32. The van der Waals surface area contributed by atoms with E-state index in [0.717, 1.165) is 33.2 Å². The minimum absolute atomic E-state index is 0.214. The minimum Gasteiger partial charge on any atom is -0.467 e. The van der Waals surface area contributed by atoms with E-state index in [9.17, 15) is 4.79 Å². The number of pyridine rings is 2. The smallest absolute Gasteiger partial charge is 0.253 e. The zero-order chi connectivity index (χ0) is 28.3. The number of H-pyrrole nitrogens is 1. The Kier molecular flexibility index (Phi) is 7.45. The van der Waals surface area contributed by atoms with Crippen molar-refractivity contribution in [1.29, 1.82) is 0 Å². The lowest BCUT2D eigenvalue weighted by atomic mass is 9.99. The molecule has 10 heteroatoms. The van der Waals surface area contributed by atoms with Gasteiger partial charge in [0.2, 0.25) is 0 Å². The van der Waals surface area contributed by atoms with Crippen LogP contribution in [0.5, 0.6) is 0 Å². The Bertz CT molecular complexity index is 1850. The van der Waals surface area contributed by atoms with Gasteiger partial charge in [0.1, 0.15) is 18.3 Å². The van der Waals surface area contributed by atoms with Crippen LogP contribution in [0.1, 0.15) is 45.4 Å². The van der Waals surface area contributed by atoms with Crippen LogP contribution in [0.3, 0.4) is 0 Å². The van der Waals surface area contributed by atoms with Crippen LogP contribution in [0.15, 0.2) is 94.6 Å². The minimum atomic E-state index is -0.633. The van der Waals surface area contributed by atoms with E-state index in [4.69, 9.17) is 16.0 Å². The molecule has 4 heterocycles. The van der Waals surface area contributed by atoms with Crippen LogP contribution in [0.25, 0.3) is 10.9 Å². The van der Waals surface area contributed by atoms with E-state index < -0.39 is 6.04 Å². The summed E-state index contributed by atoms with van der Waals surface area (Å²) in [6.07, 6.45) is 5.17. The molecule has 0 amide bonds. The summed E-state index contributed by atoms with van der Waals surface area (Å²) in [6, 6.07) is 20.7. The Hall–Kier alpha value is -4.60. The summed E-state index contributed by atoms with van der Waals surface area (Å²) in [7, 11) is 0. The largest absolute Gasteiger partial charge is 0.467 e. The van der Waals surface area contributed by atoms with Gasteiger partial charge in [-0.2, -0.15) is 0 Å². The third-order valence-corrected chi connectivity index (χ3v) is 7.65. The number of aromatic nitrogens is 6. The Morgan fingerprint density at radius 1 is 1.02 bits per heavy atom. The molecule has 0 aliphatic rings. The lowest BCUT2D eigenvalue weighted by Crippen LogP contribution is -2.35. The molecule has 0 saturated carbocycles. The molecule has 6 rings (SSSR count). The van der Waals surface area contributed by atoms with Crippen molar-refractivity contribution in [3.63, 3.8) is 0 Å². The Balaban J connectivity index is 1.55. The van der Waals surface area contributed by atoms with Gasteiger partial charge in [-0.1, -0.05) is 35.9 Å². The van der Waals surface area contributed by atoms with E-state index in [1.54, 1.807) is 17.1 Å². The molecule has 0 unspecified atom stereocenters. The van der Waals surface area contributed by atoms with Crippen molar-refractivity contribution in [3.05, 3.63) is 140 Å². The van der Waals surface area contributed by atoms with Crippen LogP contribution in [0.2, 0.25) is 5.02 Å². The zero-order valence-electron chi connectivity index (χ0n) is 22.7. The summed E-state index contributed by atoms with van der Waals surface area (Å²) in [4.78, 5) is 23.4. The van der Waals surface area contributed by atoms with Crippen molar-refractivity contribution in [1.82, 2.24) is 35.1 Å². The van der Waals surface area contributed by atoms with Gasteiger partial charge in [-0.25, -0.2) is 4.68 Å². The maximum Gasteiger partial charge on any atom is 0.253 e. The standard InChI is InChI=1S/C31H28ClN7O2/c1-20-13-24-15-26(31(40)34-28(24)14-21(20)2)29(30-35-36-37-39(30)19-25-9-6-12-41-25)38(17-22-7-5-11-33-16-22)18-23-8-3-4-10-27(23)32/h3-16,29H,17-19H2,1-2H3,(H,34,40)/t29-/m1/s1. The molecule has 4 aromatic heterocycles. The van der Waals surface area contributed by atoms with Gasteiger partial charge in [-0.3, -0.25) is 14.7 Å². The van der Waals surface area contributed by atoms with Gasteiger partial charge in [0.15, 0.2) is 5.82 Å². The topological polar surface area (TPSA) is 106 Å². The quantitative estimate of drug-likeness (QED) is 0.243. The molecule has 9 nitrogen and oxygen atoms in total. The van der Waals surface area contributed by atoms with Crippen LogP contribution in [-0.2, 0) is 19.6 Å². The predicted molar refractivity (Wildman–Crippen MR) is 156 cm³/mol. The molecular formula is C31H28ClN7O2. The average Bonchev–Trinajstić information content (AvgIpc) is 3.65. The predicted octanol–water partition coefficient (Wildman–Crippen LogP) is 5.61. The normalized spacial score (nSPS) is 12.3. The molecule has 1 atom stereocenters. The van der Waals surface area contributed by atoms with Gasteiger partial charge in [0, 0.05) is 41.6 Å². The number of halogens is 1. The molecule has 0 radical (unpaired) electrons. The van der Waals surface area contributed by atoms with Crippen LogP contribution >= 0.6 is 11.6 Å². The molecule has 0 fully saturated rings. The molecule has 206 valence electrons. The molecule has 0 saturated heterocycles. The molecule has 0 aliphatic carbocycles. The lowest BCUT2D eigenvalue weighted by molar-refractivity contribution is 0.193. The average molecular weight is 566 g/mol. The fourth-order valence-corrected chi connectivity index (χ4v) is 5.27. The second-order valence-electron chi connectivity index (χ2n) is 10.1. The highest BCUT2D eigenvalue weighted by Gasteiger charge is 2.31. The number of tetrazole rings is 1. The van der Waals surface area contributed by atoms with Gasteiger partial charge >= 0.3 is 0 Å². The number of fused-ring (bicyclic) bond motifs is 1. The van der Waals surface area contributed by atoms with Gasteiger partial charge < -0.3 is 9.40 Å². The van der Waals surface area contributed by atoms with E-state index in [0.29, 0.717) is 41.8 Å². The van der Waals surface area contributed by atoms with E-state index in [1.807, 2.05) is 73.8 Å². The second-order valence-corrected chi connectivity index (χ2v) is 10.5. The maximum absolute atomic E-state index is 13.9. The van der Waals surface area contributed by atoms with Gasteiger partial charge in [-0.15, -0.1) is 5.10 Å². The number of aromatic amines is 1. The van der Waals surface area contributed by atoms with Crippen LogP contribution in [-0.4, -0.2) is 35.1 Å². The van der Waals surface area contributed by atoms with Gasteiger partial charge in [0.05, 0.1) is 6.26 Å². The van der Waals surface area contributed by atoms with Gasteiger partial charge in [-0.05, 0) is 94.4 Å². The van der Waals surface area contributed by atoms with Crippen molar-refractivity contribution < 1.29 is 4.42 Å². The van der Waals surface area contributed by atoms with E-state index >= 15 is 0 Å². The fraction of sp³-hybridized carbons (Fsp3) is 0.194. The number of benzene rings is 2. The maximum atomic E-state index is 13.9. The third kappa shape index (κ3) is 5.68. The highest BCUT2D eigenvalue weighted by atomic mass is 35.5. The Morgan fingerprint density at radius 2 is 1.88 bits per heavy atom. The molecule has 0 spiro atoms. The summed E-state index contributed by atoms with van der Waals surface area (Å²) in [5, 5.41) is 14.3. The summed E-state index contributed by atoms with van der Waals surface area (Å²) < 4.78 is 7.27. The summed E-state index contributed by atoms with van der Waals surface area (Å²) in [5.74, 6) is 1.20. The number of nitrogens with one attached hydrogen (secondary N) is 1. The van der Waals surface area contributed by atoms with Crippen LogP contribution in [0, 0.1) is 13.8 Å². The van der Waals surface area contributed by atoms with Crippen molar-refractivity contribution in [2.75, 3.05) is 0 Å². The first-order valence-electron chi connectivity index (χ1n) is 13.3. The van der Waals surface area contributed by atoms with Crippen molar-refractivity contribution in [2.45, 2.75) is 39.5 Å². The van der Waals surface area contributed by atoms with Gasteiger partial charge in [0.25, 0.3) is 5.56 Å². The monoisotopic (exact) mass is 565 g/mol. The number of nitrogens with zero attached hydrogens (tertiary/aromatic N) is 6. The third-order valence-electron chi connectivity index (χ3n) is 7.28. The summed E-state index contributed by atoms with van der Waals surface area (Å²) in [6.45, 7) is 5.29. The second kappa shape index (κ2) is 11.5. The Labute approximate surface area is 241 Å². The van der Waals surface area contributed by atoms with Crippen molar-refractivity contribution in [2.24, 2.45) is 0 Å².